The molecule has 0 unspecified atom stereocenters. The average Bonchev–Trinajstić information content (AvgIpc) is 1.68. The molecule has 7 heavy (non-hydrogen) atoms. The molecule has 0 saturated heterocycles. The molecule has 0 aromatic rings. The van der Waals surface area contributed by atoms with Gasteiger partial charge in [0.2, 0.25) is 5.91 Å². The number of nitrogens with two attached hydrogens (primary N) is 2. The topological polar surface area (TPSA) is 93.2 Å². The molecule has 0 aliphatic carbocycles. The number of hydrazine groups is 2. The summed E-state index contributed by atoms with van der Waals surface area (Å²) in [5.41, 5.74) is 4.01. The minimum Gasteiger partial charge on any atom is -0.293 e. The first-order chi connectivity index (χ1) is 3.31. The number of hydrogen-bond acceptors (Lipinski definition) is 4. The maximum absolute atomic E-state index is 10.0. The zero-order valence-corrected chi connectivity index (χ0v) is 3.77. The van der Waals surface area contributed by atoms with Crippen LogP contribution in [0.2, 0.25) is 0 Å². The van der Waals surface area contributed by atoms with Crippen LogP contribution in [0.1, 0.15) is 0 Å². The first kappa shape index (κ1) is 6.35. The third-order valence-corrected chi connectivity index (χ3v) is 0.424. The Hall–Kier alpha value is -0.650. The second-order valence-electron chi connectivity index (χ2n) is 0.948. The maximum atomic E-state index is 10.0. The molecule has 42 valence electrons. The van der Waals surface area contributed by atoms with Crippen molar-refractivity contribution in [3.63, 3.8) is 0 Å². The van der Waals surface area contributed by atoms with Gasteiger partial charge in [-0.1, -0.05) is 0 Å². The minimum absolute atomic E-state index is 0.0521. The molecule has 0 fully saturated rings. The lowest BCUT2D eigenvalue weighted by atomic mass is 10.6. The van der Waals surface area contributed by atoms with Crippen LogP contribution < -0.4 is 22.5 Å². The quantitative estimate of drug-likeness (QED) is 0.176. The summed E-state index contributed by atoms with van der Waals surface area (Å²) in [4.78, 5) is 10.0. The Bertz CT molecular complexity index is 62.7. The fourth-order valence-electron chi connectivity index (χ4n) is 0.144. The van der Waals surface area contributed by atoms with E-state index in [0.29, 0.717) is 0 Å². The van der Waals surface area contributed by atoms with Crippen LogP contribution in [0.3, 0.4) is 0 Å². The largest absolute Gasteiger partial charge is 0.293 e. The Kier molecular flexibility index (Phi) is 3.21. The highest BCUT2D eigenvalue weighted by Crippen LogP contribution is 1.48. The van der Waals surface area contributed by atoms with Crippen molar-refractivity contribution in [2.75, 3.05) is 6.54 Å². The Morgan fingerprint density at radius 3 is 2.29 bits per heavy atom. The van der Waals surface area contributed by atoms with Gasteiger partial charge in [-0.15, -0.1) is 0 Å². The predicted octanol–water partition coefficient (Wildman–Crippen LogP) is -2.56. The van der Waals surface area contributed by atoms with Crippen molar-refractivity contribution in [1.82, 2.24) is 10.9 Å². The van der Waals surface area contributed by atoms with Gasteiger partial charge in [-0.2, -0.15) is 0 Å². The summed E-state index contributed by atoms with van der Waals surface area (Å²) in [6.07, 6.45) is 0. The molecular weight excluding hydrogens is 96.0 g/mol. The molecule has 0 atom stereocenters. The van der Waals surface area contributed by atoms with Crippen LogP contribution >= 0.6 is 0 Å². The van der Waals surface area contributed by atoms with Crippen molar-refractivity contribution in [2.24, 2.45) is 11.7 Å². The molecule has 1 amide bonds. The molecule has 0 aliphatic heterocycles. The lowest BCUT2D eigenvalue weighted by Crippen LogP contribution is -2.40. The van der Waals surface area contributed by atoms with E-state index >= 15 is 0 Å². The molecular formula is C2H8N4O. The van der Waals surface area contributed by atoms with Crippen molar-refractivity contribution in [3.8, 4) is 0 Å². The number of nitrogens with one attached hydrogen (secondary N) is 2. The molecule has 5 heteroatoms. The molecule has 0 heterocycles. The normalized spacial score (nSPS) is 8.29. The van der Waals surface area contributed by atoms with E-state index in [0.717, 1.165) is 0 Å². The molecule has 0 bridgehead atoms. The van der Waals surface area contributed by atoms with Gasteiger partial charge in [0.05, 0.1) is 6.54 Å². The first-order valence-corrected chi connectivity index (χ1v) is 1.74. The number of carbonyl (C=O) groups excluding carboxylic acids is 1. The summed E-state index contributed by atoms with van der Waals surface area (Å²) in [6, 6.07) is 0. The molecule has 0 rings (SSSR count). The fourth-order valence-corrected chi connectivity index (χ4v) is 0.144. The summed E-state index contributed by atoms with van der Waals surface area (Å²) in [5, 5.41) is 0. The monoisotopic (exact) mass is 104 g/mol. The van der Waals surface area contributed by atoms with Crippen molar-refractivity contribution >= 4 is 5.91 Å². The van der Waals surface area contributed by atoms with Crippen LogP contribution in [0.4, 0.5) is 0 Å². The molecule has 6 N–H and O–H groups in total. The van der Waals surface area contributed by atoms with E-state index in [1.165, 1.54) is 0 Å². The van der Waals surface area contributed by atoms with Crippen LogP contribution in [0.25, 0.3) is 0 Å². The van der Waals surface area contributed by atoms with Gasteiger partial charge in [-0.25, -0.2) is 5.84 Å². The maximum Gasteiger partial charge on any atom is 0.249 e. The van der Waals surface area contributed by atoms with E-state index < -0.39 is 0 Å². The summed E-state index contributed by atoms with van der Waals surface area (Å²) in [6.45, 7) is 0.0521. The predicted molar refractivity (Wildman–Crippen MR) is 24.5 cm³/mol. The standard InChI is InChI=1S/C2H8N4O/c3-5-1-2(7)6-4/h5H,1,3-4H2,(H,6,7). The number of rotatable bonds is 2. The zero-order chi connectivity index (χ0) is 5.70. The van der Waals surface area contributed by atoms with Crippen molar-refractivity contribution in [2.45, 2.75) is 0 Å². The van der Waals surface area contributed by atoms with E-state index in [-0.39, 0.29) is 12.5 Å². The molecule has 0 radical (unpaired) electrons. The van der Waals surface area contributed by atoms with Gasteiger partial charge in [0.15, 0.2) is 0 Å². The van der Waals surface area contributed by atoms with Gasteiger partial charge in [0, 0.05) is 0 Å². The van der Waals surface area contributed by atoms with Crippen LogP contribution in [-0.2, 0) is 4.79 Å². The molecule has 0 aliphatic rings. The first-order valence-electron chi connectivity index (χ1n) is 1.74. The minimum atomic E-state index is -0.331. The summed E-state index contributed by atoms with van der Waals surface area (Å²) >= 11 is 0. The molecule has 5 nitrogen and oxygen atoms in total. The number of hydrogen-bond donors (Lipinski definition) is 4. The van der Waals surface area contributed by atoms with Gasteiger partial charge in [0.25, 0.3) is 0 Å². The second kappa shape index (κ2) is 3.54. The molecule has 0 saturated carbocycles. The zero-order valence-electron chi connectivity index (χ0n) is 3.77. The average molecular weight is 104 g/mol. The summed E-state index contributed by atoms with van der Waals surface area (Å²) in [5.74, 6) is 9.07. The molecule has 0 aromatic carbocycles. The smallest absolute Gasteiger partial charge is 0.249 e. The van der Waals surface area contributed by atoms with Crippen molar-refractivity contribution < 1.29 is 4.79 Å². The van der Waals surface area contributed by atoms with Crippen LogP contribution in [0, 0.1) is 0 Å². The van der Waals surface area contributed by atoms with Crippen molar-refractivity contribution in [3.05, 3.63) is 0 Å². The Morgan fingerprint density at radius 2 is 2.14 bits per heavy atom. The Balaban J connectivity index is 3.00. The van der Waals surface area contributed by atoms with Gasteiger partial charge < -0.3 is 0 Å². The van der Waals surface area contributed by atoms with Crippen LogP contribution in [0.15, 0.2) is 0 Å². The molecule has 0 spiro atoms. The summed E-state index contributed by atoms with van der Waals surface area (Å²) < 4.78 is 0. The van der Waals surface area contributed by atoms with Gasteiger partial charge >= 0.3 is 0 Å². The van der Waals surface area contributed by atoms with Gasteiger partial charge in [0.1, 0.15) is 0 Å². The highest BCUT2D eigenvalue weighted by molar-refractivity contribution is 5.77. The van der Waals surface area contributed by atoms with Gasteiger partial charge in [-0.3, -0.25) is 21.5 Å². The van der Waals surface area contributed by atoms with Crippen LogP contribution in [0.5, 0.6) is 0 Å². The number of amides is 1. The fraction of sp³-hybridized carbons (Fsp3) is 0.500. The highest BCUT2D eigenvalue weighted by Gasteiger charge is 1.89. The third-order valence-electron chi connectivity index (χ3n) is 0.424. The number of carbonyl (C=O) groups is 1. The van der Waals surface area contributed by atoms with Gasteiger partial charge in [-0.05, 0) is 0 Å². The van der Waals surface area contributed by atoms with E-state index in [1.807, 2.05) is 5.43 Å². The second-order valence-corrected chi connectivity index (χ2v) is 0.948. The van der Waals surface area contributed by atoms with Crippen molar-refractivity contribution in [1.29, 1.82) is 0 Å². The van der Waals surface area contributed by atoms with E-state index in [9.17, 15) is 4.79 Å². The molecule has 0 aromatic heterocycles. The van der Waals surface area contributed by atoms with Crippen LogP contribution in [-0.4, -0.2) is 12.5 Å². The van der Waals surface area contributed by atoms with E-state index in [1.54, 1.807) is 0 Å². The highest BCUT2D eigenvalue weighted by atomic mass is 16.2. The Labute approximate surface area is 41.0 Å². The summed E-state index contributed by atoms with van der Waals surface area (Å²) in [7, 11) is 0. The van der Waals surface area contributed by atoms with E-state index in [2.05, 4.69) is 11.3 Å². The SMILES string of the molecule is NNCC(=O)NN. The lowest BCUT2D eigenvalue weighted by molar-refractivity contribution is -0.120. The van der Waals surface area contributed by atoms with E-state index in [4.69, 9.17) is 5.84 Å². The Morgan fingerprint density at radius 1 is 1.57 bits per heavy atom. The lowest BCUT2D eigenvalue weighted by Gasteiger charge is -1.93. The third kappa shape index (κ3) is 3.17.